The van der Waals surface area contributed by atoms with E-state index in [2.05, 4.69) is 67.9 Å². The summed E-state index contributed by atoms with van der Waals surface area (Å²) >= 11 is 0. The highest BCUT2D eigenvalue weighted by atomic mass is 15.3. The van der Waals surface area contributed by atoms with Crippen LogP contribution in [0.1, 0.15) is 36.7 Å². The molecule has 1 fully saturated rings. The highest BCUT2D eigenvalue weighted by Crippen LogP contribution is 2.70. The Hall–Kier alpha value is -2.09. The molecule has 0 amide bonds. The van der Waals surface area contributed by atoms with Crippen LogP contribution >= 0.6 is 0 Å². The minimum absolute atomic E-state index is 0.477. The lowest BCUT2D eigenvalue weighted by Crippen LogP contribution is -2.06. The van der Waals surface area contributed by atoms with E-state index in [1.807, 2.05) is 0 Å². The molecule has 110 valence electrons. The fourth-order valence-corrected chi connectivity index (χ4v) is 4.69. The fraction of sp³-hybridized carbons (Fsp3) is 0.350. The summed E-state index contributed by atoms with van der Waals surface area (Å²) in [6.45, 7) is 6.98. The van der Waals surface area contributed by atoms with Crippen LogP contribution in [0.5, 0.6) is 0 Å². The number of benzene rings is 2. The molecule has 2 heteroatoms. The highest BCUT2D eigenvalue weighted by Gasteiger charge is 2.63. The van der Waals surface area contributed by atoms with Crippen molar-refractivity contribution in [2.24, 2.45) is 11.3 Å². The molecule has 0 aliphatic heterocycles. The van der Waals surface area contributed by atoms with E-state index in [0.29, 0.717) is 5.41 Å². The average molecular weight is 288 g/mol. The van der Waals surface area contributed by atoms with Crippen molar-refractivity contribution in [3.05, 3.63) is 59.4 Å². The van der Waals surface area contributed by atoms with Gasteiger partial charge in [-0.1, -0.05) is 50.2 Å². The SMILES string of the molecule is Cc1nn(-c2cccc3ccccc23)c2c1C1C(C2)C1(C)C. The molecule has 22 heavy (non-hydrogen) atoms. The molecule has 5 rings (SSSR count). The maximum absolute atomic E-state index is 4.91. The second-order valence-electron chi connectivity index (χ2n) is 7.47. The molecule has 0 radical (unpaired) electrons. The lowest BCUT2D eigenvalue weighted by Gasteiger charge is -2.12. The molecule has 2 aliphatic rings. The molecule has 2 nitrogen and oxygen atoms in total. The van der Waals surface area contributed by atoms with Crippen molar-refractivity contribution < 1.29 is 0 Å². The van der Waals surface area contributed by atoms with E-state index in [0.717, 1.165) is 11.8 Å². The van der Waals surface area contributed by atoms with Gasteiger partial charge < -0.3 is 0 Å². The van der Waals surface area contributed by atoms with E-state index in [4.69, 9.17) is 5.10 Å². The van der Waals surface area contributed by atoms with Crippen molar-refractivity contribution in [3.8, 4) is 5.69 Å². The van der Waals surface area contributed by atoms with Gasteiger partial charge in [0.2, 0.25) is 0 Å². The zero-order valence-corrected chi connectivity index (χ0v) is 13.3. The Morgan fingerprint density at radius 2 is 1.86 bits per heavy atom. The first kappa shape index (κ1) is 12.5. The van der Waals surface area contributed by atoms with Crippen molar-refractivity contribution in [2.75, 3.05) is 0 Å². The summed E-state index contributed by atoms with van der Waals surface area (Å²) < 4.78 is 2.22. The van der Waals surface area contributed by atoms with Crippen LogP contribution in [0.25, 0.3) is 16.5 Å². The highest BCUT2D eigenvalue weighted by molar-refractivity contribution is 5.90. The second-order valence-corrected chi connectivity index (χ2v) is 7.47. The smallest absolute Gasteiger partial charge is 0.0727 e. The van der Waals surface area contributed by atoms with E-state index in [1.165, 1.54) is 39.8 Å². The molecule has 3 aromatic rings. The Morgan fingerprint density at radius 3 is 2.73 bits per heavy atom. The summed E-state index contributed by atoms with van der Waals surface area (Å²) in [6, 6.07) is 15.1. The number of hydrogen-bond donors (Lipinski definition) is 0. The summed E-state index contributed by atoms with van der Waals surface area (Å²) in [7, 11) is 0. The first-order valence-corrected chi connectivity index (χ1v) is 8.15. The van der Waals surface area contributed by atoms with Crippen LogP contribution in [-0.4, -0.2) is 9.78 Å². The average Bonchev–Trinajstić information content (AvgIpc) is 2.85. The van der Waals surface area contributed by atoms with Gasteiger partial charge in [-0.3, -0.25) is 0 Å². The number of aromatic nitrogens is 2. The molecule has 0 saturated heterocycles. The van der Waals surface area contributed by atoms with Gasteiger partial charge >= 0.3 is 0 Å². The van der Waals surface area contributed by atoms with Crippen molar-refractivity contribution >= 4 is 10.8 Å². The molecule has 2 aliphatic carbocycles. The fourth-order valence-electron chi connectivity index (χ4n) is 4.69. The quantitative estimate of drug-likeness (QED) is 0.638. The largest absolute Gasteiger partial charge is 0.237 e. The minimum atomic E-state index is 0.477. The van der Waals surface area contributed by atoms with Crippen LogP contribution in [0.3, 0.4) is 0 Å². The molecule has 0 bridgehead atoms. The standard InChI is InChI=1S/C20H20N2/c1-12-18-17(11-15-19(18)20(15,2)3)22(21-12)16-10-6-8-13-7-4-5-9-14(13)16/h4-10,15,19H,11H2,1-3H3. The zero-order valence-electron chi connectivity index (χ0n) is 13.3. The normalized spacial score (nSPS) is 24.3. The van der Waals surface area contributed by atoms with Gasteiger partial charge in [-0.05, 0) is 42.0 Å². The van der Waals surface area contributed by atoms with E-state index in [-0.39, 0.29) is 0 Å². The Kier molecular flexibility index (Phi) is 2.16. The van der Waals surface area contributed by atoms with Crippen LogP contribution in [0.4, 0.5) is 0 Å². The molecule has 2 aromatic carbocycles. The maximum atomic E-state index is 4.91. The number of fused-ring (bicyclic) bond motifs is 4. The third kappa shape index (κ3) is 1.38. The Balaban J connectivity index is 1.75. The van der Waals surface area contributed by atoms with Gasteiger partial charge in [0.15, 0.2) is 0 Å². The number of rotatable bonds is 1. The van der Waals surface area contributed by atoms with E-state index in [1.54, 1.807) is 0 Å². The van der Waals surface area contributed by atoms with E-state index in [9.17, 15) is 0 Å². The lowest BCUT2D eigenvalue weighted by molar-refractivity contribution is 0.533. The monoisotopic (exact) mass is 288 g/mol. The lowest BCUT2D eigenvalue weighted by atomic mass is 9.98. The zero-order chi connectivity index (χ0) is 15.1. The van der Waals surface area contributed by atoms with Crippen molar-refractivity contribution in [1.29, 1.82) is 0 Å². The van der Waals surface area contributed by atoms with Crippen molar-refractivity contribution in [1.82, 2.24) is 9.78 Å². The molecule has 0 spiro atoms. The van der Waals surface area contributed by atoms with E-state index < -0.39 is 0 Å². The third-order valence-corrected chi connectivity index (χ3v) is 5.98. The van der Waals surface area contributed by atoms with Gasteiger partial charge in [-0.2, -0.15) is 5.10 Å². The third-order valence-electron chi connectivity index (χ3n) is 5.98. The van der Waals surface area contributed by atoms with Crippen LogP contribution in [0.15, 0.2) is 42.5 Å². The summed E-state index contributed by atoms with van der Waals surface area (Å²) in [6.07, 6.45) is 1.18. The number of aryl methyl sites for hydroxylation is 1. The van der Waals surface area contributed by atoms with Gasteiger partial charge in [0.05, 0.1) is 11.4 Å². The van der Waals surface area contributed by atoms with Gasteiger partial charge in [0, 0.05) is 16.6 Å². The molecule has 0 N–H and O–H groups in total. The van der Waals surface area contributed by atoms with Crippen molar-refractivity contribution in [2.45, 2.75) is 33.1 Å². The molecule has 2 unspecified atom stereocenters. The van der Waals surface area contributed by atoms with Crippen LogP contribution in [0.2, 0.25) is 0 Å². The minimum Gasteiger partial charge on any atom is -0.237 e. The molecular weight excluding hydrogens is 268 g/mol. The van der Waals surface area contributed by atoms with Crippen LogP contribution in [-0.2, 0) is 6.42 Å². The van der Waals surface area contributed by atoms with E-state index >= 15 is 0 Å². The van der Waals surface area contributed by atoms with Gasteiger partial charge in [0.25, 0.3) is 0 Å². The Labute approximate surface area is 130 Å². The summed E-state index contributed by atoms with van der Waals surface area (Å²) in [5, 5.41) is 7.48. The molecule has 1 heterocycles. The summed E-state index contributed by atoms with van der Waals surface area (Å²) in [5.74, 6) is 1.55. The van der Waals surface area contributed by atoms with Crippen LogP contribution < -0.4 is 0 Å². The molecular formula is C20H20N2. The second kappa shape index (κ2) is 3.81. The first-order valence-electron chi connectivity index (χ1n) is 8.15. The molecule has 2 atom stereocenters. The number of nitrogens with zero attached hydrogens (tertiary/aromatic N) is 2. The predicted octanol–water partition coefficient (Wildman–Crippen LogP) is 4.63. The molecule has 1 saturated carbocycles. The topological polar surface area (TPSA) is 17.8 Å². The molecule has 1 aromatic heterocycles. The number of hydrogen-bond acceptors (Lipinski definition) is 1. The summed E-state index contributed by atoms with van der Waals surface area (Å²) in [4.78, 5) is 0. The van der Waals surface area contributed by atoms with Gasteiger partial charge in [-0.25, -0.2) is 4.68 Å². The maximum Gasteiger partial charge on any atom is 0.0727 e. The Bertz CT molecular complexity index is 911. The van der Waals surface area contributed by atoms with Gasteiger partial charge in [0.1, 0.15) is 0 Å². The Morgan fingerprint density at radius 1 is 1.09 bits per heavy atom. The van der Waals surface area contributed by atoms with Crippen LogP contribution in [0, 0.1) is 18.3 Å². The van der Waals surface area contributed by atoms with Crippen molar-refractivity contribution in [3.63, 3.8) is 0 Å². The van der Waals surface area contributed by atoms with Gasteiger partial charge in [-0.15, -0.1) is 0 Å². The predicted molar refractivity (Wildman–Crippen MR) is 89.5 cm³/mol. The first-order chi connectivity index (χ1) is 10.6. The summed E-state index contributed by atoms with van der Waals surface area (Å²) in [5.41, 5.74) is 5.90.